The monoisotopic (exact) mass is 605 g/mol. The van der Waals surface area contributed by atoms with E-state index >= 15 is 0 Å². The lowest BCUT2D eigenvalue weighted by molar-refractivity contribution is -0.140. The van der Waals surface area contributed by atoms with Gasteiger partial charge in [-0.3, -0.25) is 19.0 Å². The van der Waals surface area contributed by atoms with Crippen molar-refractivity contribution < 1.29 is 22.8 Å². The molecule has 5 rings (SSSR count). The summed E-state index contributed by atoms with van der Waals surface area (Å²) in [6, 6.07) is 2.34. The van der Waals surface area contributed by atoms with Gasteiger partial charge in [0, 0.05) is 29.9 Å². The highest BCUT2D eigenvalue weighted by atomic mass is 35.5. The Labute approximate surface area is 239 Å². The zero-order valence-corrected chi connectivity index (χ0v) is 23.7. The van der Waals surface area contributed by atoms with E-state index in [1.165, 1.54) is 10.7 Å². The SMILES string of the molecule is CCn1cc(-c2cc(C(F)(F)F)nc3sc(C(N)=O)c(NC(=O)c4ccn(Cn5nc(C)c(Cl)c5C)n4)c23)c(C)n1. The number of nitrogens with two attached hydrogens (primary N) is 1. The maximum absolute atomic E-state index is 13.8. The van der Waals surface area contributed by atoms with Crippen LogP contribution in [0.4, 0.5) is 18.9 Å². The number of rotatable bonds is 7. The molecule has 0 atom stereocenters. The van der Waals surface area contributed by atoms with Crippen LogP contribution in [0.1, 0.15) is 49.9 Å². The third-order valence-corrected chi connectivity index (χ3v) is 8.07. The molecule has 2 amide bonds. The van der Waals surface area contributed by atoms with Crippen LogP contribution >= 0.6 is 22.9 Å². The second-order valence-corrected chi connectivity index (χ2v) is 10.6. The first kappa shape index (κ1) is 28.3. The van der Waals surface area contributed by atoms with Crippen molar-refractivity contribution in [2.75, 3.05) is 5.32 Å². The molecule has 0 saturated heterocycles. The molecular weight excluding hydrogens is 583 g/mol. The fraction of sp³-hybridized carbons (Fsp3) is 0.280. The average Bonchev–Trinajstić information content (AvgIpc) is 3.67. The van der Waals surface area contributed by atoms with E-state index in [-0.39, 0.29) is 38.7 Å². The van der Waals surface area contributed by atoms with Crippen LogP contribution in [0.2, 0.25) is 5.02 Å². The molecule has 0 unspecified atom stereocenters. The predicted molar refractivity (Wildman–Crippen MR) is 147 cm³/mol. The van der Waals surface area contributed by atoms with Crippen molar-refractivity contribution in [3.8, 4) is 11.1 Å². The lowest BCUT2D eigenvalue weighted by Gasteiger charge is -2.11. The molecule has 214 valence electrons. The molecule has 41 heavy (non-hydrogen) atoms. The number of amides is 2. The number of hydrogen-bond acceptors (Lipinski definition) is 7. The summed E-state index contributed by atoms with van der Waals surface area (Å²) in [6.07, 6.45) is -1.60. The number of aromatic nitrogens is 7. The van der Waals surface area contributed by atoms with Crippen LogP contribution in [0.25, 0.3) is 21.3 Å². The Kier molecular flexibility index (Phi) is 7.11. The number of halogens is 4. The zero-order chi connectivity index (χ0) is 29.8. The van der Waals surface area contributed by atoms with Gasteiger partial charge in [-0.15, -0.1) is 11.3 Å². The van der Waals surface area contributed by atoms with Gasteiger partial charge in [0.15, 0.2) is 5.69 Å². The number of aryl methyl sites for hydroxylation is 3. The predicted octanol–water partition coefficient (Wildman–Crippen LogP) is 5.03. The van der Waals surface area contributed by atoms with Crippen LogP contribution in [0, 0.1) is 20.8 Å². The normalized spacial score (nSPS) is 11.9. The molecular formula is C25H23ClF3N9O2S. The number of carbonyl (C=O) groups excluding carboxylic acids is 2. The van der Waals surface area contributed by atoms with Gasteiger partial charge in [0.2, 0.25) is 0 Å². The van der Waals surface area contributed by atoms with Gasteiger partial charge in [-0.25, -0.2) is 9.67 Å². The summed E-state index contributed by atoms with van der Waals surface area (Å²) < 4.78 is 46.1. The summed E-state index contributed by atoms with van der Waals surface area (Å²) in [5.74, 6) is -1.64. The number of alkyl halides is 3. The van der Waals surface area contributed by atoms with Gasteiger partial charge in [-0.2, -0.15) is 28.5 Å². The molecule has 0 bridgehead atoms. The maximum atomic E-state index is 13.8. The Hall–Kier alpha value is -4.24. The number of nitrogens with zero attached hydrogens (tertiary/aromatic N) is 7. The maximum Gasteiger partial charge on any atom is 0.433 e. The molecule has 0 aliphatic carbocycles. The highest BCUT2D eigenvalue weighted by molar-refractivity contribution is 7.21. The van der Waals surface area contributed by atoms with Gasteiger partial charge in [-0.05, 0) is 45.4 Å². The van der Waals surface area contributed by atoms with Crippen molar-refractivity contribution in [3.63, 3.8) is 0 Å². The summed E-state index contributed by atoms with van der Waals surface area (Å²) in [4.78, 5) is 29.2. The van der Waals surface area contributed by atoms with Crippen molar-refractivity contribution in [1.82, 2.24) is 34.3 Å². The van der Waals surface area contributed by atoms with Crippen LogP contribution in [0.3, 0.4) is 0 Å². The zero-order valence-electron chi connectivity index (χ0n) is 22.2. The Morgan fingerprint density at radius 3 is 2.41 bits per heavy atom. The second-order valence-electron chi connectivity index (χ2n) is 9.21. The molecule has 16 heteroatoms. The molecule has 3 N–H and O–H groups in total. The number of thiophene rings is 1. The van der Waals surface area contributed by atoms with Gasteiger partial charge in [0.25, 0.3) is 11.8 Å². The van der Waals surface area contributed by atoms with Crippen molar-refractivity contribution in [2.24, 2.45) is 5.73 Å². The van der Waals surface area contributed by atoms with Crippen LogP contribution in [-0.4, -0.2) is 46.1 Å². The van der Waals surface area contributed by atoms with Crippen LogP contribution < -0.4 is 11.1 Å². The minimum absolute atomic E-state index is 0.0104. The second kappa shape index (κ2) is 10.3. The molecule has 5 aromatic heterocycles. The Balaban J connectivity index is 1.59. The molecule has 5 heterocycles. The van der Waals surface area contributed by atoms with E-state index < -0.39 is 23.7 Å². The van der Waals surface area contributed by atoms with Crippen LogP contribution in [-0.2, 0) is 19.4 Å². The lowest BCUT2D eigenvalue weighted by Crippen LogP contribution is -2.18. The largest absolute Gasteiger partial charge is 0.433 e. The Bertz CT molecular complexity index is 1830. The standard InChI is InChI=1S/C25H23ClF3N9O2S/c1-5-36-9-15(11(2)33-36)14-8-17(25(27,28)29)31-24-18(14)20(21(41-24)22(30)39)32-23(40)16-6-7-37(35-16)10-38-13(4)19(26)12(3)34-38/h6-9H,5,10H2,1-4H3,(H2,30,39)(H,32,40). The molecule has 0 saturated carbocycles. The number of primary amides is 1. The minimum atomic E-state index is -4.76. The van der Waals surface area contributed by atoms with E-state index in [0.29, 0.717) is 39.9 Å². The third kappa shape index (κ3) is 5.17. The Morgan fingerprint density at radius 1 is 1.10 bits per heavy atom. The lowest BCUT2D eigenvalue weighted by atomic mass is 10.0. The van der Waals surface area contributed by atoms with Crippen LogP contribution in [0.15, 0.2) is 24.5 Å². The number of fused-ring (bicyclic) bond motifs is 1. The van der Waals surface area contributed by atoms with Gasteiger partial charge in [-0.1, -0.05) is 11.6 Å². The molecule has 11 nitrogen and oxygen atoms in total. The van der Waals surface area contributed by atoms with E-state index in [2.05, 4.69) is 25.6 Å². The Morgan fingerprint density at radius 2 is 1.83 bits per heavy atom. The van der Waals surface area contributed by atoms with E-state index in [1.54, 1.807) is 42.5 Å². The van der Waals surface area contributed by atoms with Crippen molar-refractivity contribution in [1.29, 1.82) is 0 Å². The van der Waals surface area contributed by atoms with E-state index in [0.717, 1.165) is 11.8 Å². The van der Waals surface area contributed by atoms with E-state index in [4.69, 9.17) is 17.3 Å². The first-order chi connectivity index (χ1) is 19.3. The average molecular weight is 606 g/mol. The van der Waals surface area contributed by atoms with Gasteiger partial charge in [0.05, 0.1) is 27.8 Å². The molecule has 0 fully saturated rings. The summed E-state index contributed by atoms with van der Waals surface area (Å²) in [5.41, 5.74) is 6.70. The topological polar surface area (TPSA) is 139 Å². The number of carbonyl (C=O) groups is 2. The number of anilines is 1. The number of nitrogens with one attached hydrogen (secondary N) is 1. The summed E-state index contributed by atoms with van der Waals surface area (Å²) in [7, 11) is 0. The van der Waals surface area contributed by atoms with Crippen LogP contribution in [0.5, 0.6) is 0 Å². The molecule has 0 aliphatic rings. The van der Waals surface area contributed by atoms with Gasteiger partial charge >= 0.3 is 6.18 Å². The minimum Gasteiger partial charge on any atom is -0.365 e. The first-order valence-electron chi connectivity index (χ1n) is 12.2. The van der Waals surface area contributed by atoms with Gasteiger partial charge in [0.1, 0.15) is 22.1 Å². The molecule has 0 radical (unpaired) electrons. The van der Waals surface area contributed by atoms with Crippen molar-refractivity contribution in [2.45, 2.75) is 47.1 Å². The fourth-order valence-corrected chi connectivity index (χ4v) is 5.52. The van der Waals surface area contributed by atoms with E-state index in [1.807, 2.05) is 6.92 Å². The quantitative estimate of drug-likeness (QED) is 0.267. The highest BCUT2D eigenvalue weighted by Gasteiger charge is 2.35. The summed E-state index contributed by atoms with van der Waals surface area (Å²) in [5, 5.41) is 16.3. The molecule has 0 aromatic carbocycles. The summed E-state index contributed by atoms with van der Waals surface area (Å²) >= 11 is 6.87. The number of pyridine rings is 1. The summed E-state index contributed by atoms with van der Waals surface area (Å²) in [6.45, 7) is 7.72. The third-order valence-electron chi connectivity index (χ3n) is 6.42. The highest BCUT2D eigenvalue weighted by Crippen LogP contribution is 2.44. The smallest absolute Gasteiger partial charge is 0.365 e. The van der Waals surface area contributed by atoms with Crippen molar-refractivity contribution >= 4 is 50.7 Å². The first-order valence-corrected chi connectivity index (χ1v) is 13.4. The van der Waals surface area contributed by atoms with Crippen molar-refractivity contribution in [3.05, 3.63) is 62.9 Å². The van der Waals surface area contributed by atoms with Gasteiger partial charge < -0.3 is 11.1 Å². The fourth-order valence-electron chi connectivity index (χ4n) is 4.38. The van der Waals surface area contributed by atoms with E-state index in [9.17, 15) is 22.8 Å². The molecule has 0 spiro atoms. The molecule has 5 aromatic rings. The number of hydrogen-bond donors (Lipinski definition) is 2. The molecule has 0 aliphatic heterocycles.